The highest BCUT2D eigenvalue weighted by atomic mass is 35.5. The summed E-state index contributed by atoms with van der Waals surface area (Å²) >= 11 is 11.7. The number of aromatic carboxylic acids is 1. The van der Waals surface area contributed by atoms with Gasteiger partial charge in [0.25, 0.3) is 5.91 Å². The summed E-state index contributed by atoms with van der Waals surface area (Å²) in [5.41, 5.74) is 0.139. The Hall–Kier alpha value is -2.57. The molecule has 0 aliphatic heterocycles. The van der Waals surface area contributed by atoms with Crippen molar-refractivity contribution in [2.75, 3.05) is 11.9 Å². The van der Waals surface area contributed by atoms with E-state index in [2.05, 4.69) is 5.32 Å². The average molecular weight is 409 g/mol. The SMILES string of the molecule is CCCCOC(=O)c1ccc(NC(=O)c2cc(Cl)c(Cl)cc2C(=O)[O-])cc1. The number of hydrogen-bond donors (Lipinski definition) is 1. The zero-order valence-corrected chi connectivity index (χ0v) is 15.9. The van der Waals surface area contributed by atoms with E-state index in [4.69, 9.17) is 27.9 Å². The minimum Gasteiger partial charge on any atom is -0.545 e. The number of esters is 1. The standard InChI is InChI=1S/C19H17Cl2NO5/c1-2-3-8-27-19(26)11-4-6-12(7-5-11)22-17(23)13-9-15(20)16(21)10-14(13)18(24)25/h4-7,9-10H,2-3,8H2,1H3,(H,22,23)(H,24,25)/p-1. The predicted molar refractivity (Wildman–Crippen MR) is 100 cm³/mol. The van der Waals surface area contributed by atoms with Gasteiger partial charge in [0.15, 0.2) is 0 Å². The first-order valence-corrected chi connectivity index (χ1v) is 8.88. The molecule has 27 heavy (non-hydrogen) atoms. The molecular formula is C19H16Cl2NO5-. The lowest BCUT2D eigenvalue weighted by Crippen LogP contribution is -2.26. The van der Waals surface area contributed by atoms with Crippen molar-refractivity contribution in [1.29, 1.82) is 0 Å². The minimum atomic E-state index is -1.55. The molecule has 0 aromatic heterocycles. The van der Waals surface area contributed by atoms with Crippen molar-refractivity contribution < 1.29 is 24.2 Å². The van der Waals surface area contributed by atoms with Crippen molar-refractivity contribution in [2.24, 2.45) is 0 Å². The van der Waals surface area contributed by atoms with Crippen LogP contribution in [-0.4, -0.2) is 24.5 Å². The van der Waals surface area contributed by atoms with Gasteiger partial charge in [-0.1, -0.05) is 36.5 Å². The number of carboxylic acid groups (broad SMARTS) is 1. The van der Waals surface area contributed by atoms with Crippen LogP contribution in [0.5, 0.6) is 0 Å². The number of nitrogens with one attached hydrogen (secondary N) is 1. The number of halogens is 2. The van der Waals surface area contributed by atoms with Gasteiger partial charge < -0.3 is 20.0 Å². The smallest absolute Gasteiger partial charge is 0.338 e. The van der Waals surface area contributed by atoms with Crippen LogP contribution in [0.1, 0.15) is 50.8 Å². The van der Waals surface area contributed by atoms with E-state index in [1.807, 2.05) is 6.92 Å². The first-order valence-electron chi connectivity index (χ1n) is 8.12. The maximum atomic E-state index is 12.4. The zero-order chi connectivity index (χ0) is 20.0. The maximum absolute atomic E-state index is 12.4. The average Bonchev–Trinajstić information content (AvgIpc) is 2.64. The molecule has 0 spiro atoms. The molecule has 142 valence electrons. The number of benzene rings is 2. The molecule has 0 saturated heterocycles. The summed E-state index contributed by atoms with van der Waals surface area (Å²) in [7, 11) is 0. The molecule has 0 fully saturated rings. The molecule has 1 amide bonds. The van der Waals surface area contributed by atoms with Crippen molar-refractivity contribution in [3.8, 4) is 0 Å². The van der Waals surface area contributed by atoms with Crippen LogP contribution in [0.15, 0.2) is 36.4 Å². The van der Waals surface area contributed by atoms with E-state index in [9.17, 15) is 19.5 Å². The van der Waals surface area contributed by atoms with Gasteiger partial charge >= 0.3 is 5.97 Å². The largest absolute Gasteiger partial charge is 0.545 e. The van der Waals surface area contributed by atoms with Crippen LogP contribution in [0.3, 0.4) is 0 Å². The van der Waals surface area contributed by atoms with Gasteiger partial charge in [0.1, 0.15) is 0 Å². The lowest BCUT2D eigenvalue weighted by atomic mass is 10.1. The fraction of sp³-hybridized carbons (Fsp3) is 0.211. The molecule has 2 aromatic rings. The van der Waals surface area contributed by atoms with Gasteiger partial charge in [0.2, 0.25) is 0 Å². The Bertz CT molecular complexity index is 865. The Balaban J connectivity index is 2.14. The number of carbonyl (C=O) groups is 3. The van der Waals surface area contributed by atoms with Crippen LogP contribution in [0.2, 0.25) is 10.0 Å². The summed E-state index contributed by atoms with van der Waals surface area (Å²) in [6.07, 6.45) is 1.70. The molecule has 2 rings (SSSR count). The number of carbonyl (C=O) groups excluding carboxylic acids is 3. The van der Waals surface area contributed by atoms with Gasteiger partial charge in [-0.05, 0) is 42.8 Å². The second kappa shape index (κ2) is 9.39. The third-order valence-corrected chi connectivity index (χ3v) is 4.36. The Kier molecular flexibility index (Phi) is 7.21. The van der Waals surface area contributed by atoms with Gasteiger partial charge in [0, 0.05) is 11.3 Å². The lowest BCUT2D eigenvalue weighted by Gasteiger charge is -2.13. The van der Waals surface area contributed by atoms with Crippen molar-refractivity contribution in [3.63, 3.8) is 0 Å². The molecule has 0 heterocycles. The van der Waals surface area contributed by atoms with Crippen LogP contribution in [0.4, 0.5) is 5.69 Å². The Labute approximate surface area is 166 Å². The Morgan fingerprint density at radius 1 is 1.04 bits per heavy atom. The summed E-state index contributed by atoms with van der Waals surface area (Å²) in [5.74, 6) is -2.71. The lowest BCUT2D eigenvalue weighted by molar-refractivity contribution is -0.255. The molecule has 0 aliphatic rings. The van der Waals surface area contributed by atoms with E-state index in [0.717, 1.165) is 25.0 Å². The molecule has 0 saturated carbocycles. The highest BCUT2D eigenvalue weighted by Crippen LogP contribution is 2.26. The quantitative estimate of drug-likeness (QED) is 0.557. The fourth-order valence-electron chi connectivity index (χ4n) is 2.18. The van der Waals surface area contributed by atoms with E-state index in [1.165, 1.54) is 24.3 Å². The molecular weight excluding hydrogens is 393 g/mol. The second-order valence-corrected chi connectivity index (χ2v) is 6.43. The summed E-state index contributed by atoms with van der Waals surface area (Å²) in [6.45, 7) is 2.34. The van der Waals surface area contributed by atoms with Crippen LogP contribution < -0.4 is 10.4 Å². The number of rotatable bonds is 7. The molecule has 0 unspecified atom stereocenters. The van der Waals surface area contributed by atoms with Crippen LogP contribution >= 0.6 is 23.2 Å². The van der Waals surface area contributed by atoms with E-state index >= 15 is 0 Å². The van der Waals surface area contributed by atoms with Crippen molar-refractivity contribution in [1.82, 2.24) is 0 Å². The molecule has 8 heteroatoms. The van der Waals surface area contributed by atoms with Gasteiger partial charge in [-0.15, -0.1) is 0 Å². The van der Waals surface area contributed by atoms with E-state index < -0.39 is 17.8 Å². The topological polar surface area (TPSA) is 95.5 Å². The highest BCUT2D eigenvalue weighted by molar-refractivity contribution is 6.42. The highest BCUT2D eigenvalue weighted by Gasteiger charge is 2.16. The molecule has 0 bridgehead atoms. The number of carboxylic acids is 1. The van der Waals surface area contributed by atoms with Gasteiger partial charge in [-0.25, -0.2) is 4.79 Å². The van der Waals surface area contributed by atoms with Crippen LogP contribution in [-0.2, 0) is 4.74 Å². The van der Waals surface area contributed by atoms with E-state index in [0.29, 0.717) is 17.9 Å². The first kappa shape index (κ1) is 20.7. The molecule has 0 radical (unpaired) electrons. The third-order valence-electron chi connectivity index (χ3n) is 3.63. The molecule has 6 nitrogen and oxygen atoms in total. The predicted octanol–water partition coefficient (Wildman–Crippen LogP) is 3.57. The fourth-order valence-corrected chi connectivity index (χ4v) is 2.51. The molecule has 0 atom stereocenters. The molecule has 2 aromatic carbocycles. The van der Waals surface area contributed by atoms with E-state index in [-0.39, 0.29) is 21.2 Å². The molecule has 1 N–H and O–H groups in total. The monoisotopic (exact) mass is 408 g/mol. The third kappa shape index (κ3) is 5.45. The minimum absolute atomic E-state index is 0.00152. The first-order chi connectivity index (χ1) is 12.8. The van der Waals surface area contributed by atoms with Crippen LogP contribution in [0, 0.1) is 0 Å². The Morgan fingerprint density at radius 2 is 1.63 bits per heavy atom. The summed E-state index contributed by atoms with van der Waals surface area (Å²) < 4.78 is 5.10. The maximum Gasteiger partial charge on any atom is 0.338 e. The van der Waals surface area contributed by atoms with Crippen molar-refractivity contribution >= 4 is 46.7 Å². The number of hydrogen-bond acceptors (Lipinski definition) is 5. The summed E-state index contributed by atoms with van der Waals surface area (Å²) in [4.78, 5) is 35.5. The number of ether oxygens (including phenoxy) is 1. The normalized spacial score (nSPS) is 10.3. The van der Waals surface area contributed by atoms with Crippen molar-refractivity contribution in [3.05, 3.63) is 63.1 Å². The zero-order valence-electron chi connectivity index (χ0n) is 14.4. The molecule has 0 aliphatic carbocycles. The summed E-state index contributed by atoms with van der Waals surface area (Å²) in [5, 5.41) is 13.8. The summed E-state index contributed by atoms with van der Waals surface area (Å²) in [6, 6.07) is 8.22. The van der Waals surface area contributed by atoms with Crippen molar-refractivity contribution in [2.45, 2.75) is 19.8 Å². The van der Waals surface area contributed by atoms with Crippen LogP contribution in [0.25, 0.3) is 0 Å². The number of amides is 1. The number of unbranched alkanes of at least 4 members (excludes halogenated alkanes) is 1. The van der Waals surface area contributed by atoms with Gasteiger partial charge in [-0.2, -0.15) is 0 Å². The van der Waals surface area contributed by atoms with E-state index in [1.54, 1.807) is 0 Å². The van der Waals surface area contributed by atoms with Gasteiger partial charge in [0.05, 0.1) is 33.7 Å². The second-order valence-electron chi connectivity index (χ2n) is 5.62. The van der Waals surface area contributed by atoms with Gasteiger partial charge in [-0.3, -0.25) is 4.79 Å². The Morgan fingerprint density at radius 3 is 2.19 bits per heavy atom. The number of anilines is 1.